The van der Waals surface area contributed by atoms with E-state index in [0.717, 1.165) is 28.3 Å². The maximum Gasteiger partial charge on any atom is 0.334 e. The van der Waals surface area contributed by atoms with Crippen LogP contribution in [0, 0.1) is 0 Å². The van der Waals surface area contributed by atoms with Crippen molar-refractivity contribution in [3.05, 3.63) is 82.9 Å². The van der Waals surface area contributed by atoms with Crippen LogP contribution in [-0.4, -0.2) is 76.0 Å². The molecule has 5 rings (SSSR count). The number of rotatable bonds is 8. The Morgan fingerprint density at radius 1 is 1.02 bits per heavy atom. The molecule has 2 fully saturated rings. The normalized spacial score (nSPS) is 21.4. The van der Waals surface area contributed by atoms with Gasteiger partial charge in [0, 0.05) is 25.2 Å². The van der Waals surface area contributed by atoms with E-state index in [1.807, 2.05) is 48.2 Å². The predicted octanol–water partition coefficient (Wildman–Crippen LogP) is 3.95. The summed E-state index contributed by atoms with van der Waals surface area (Å²) in [6.07, 6.45) is 1.28. The van der Waals surface area contributed by atoms with E-state index in [2.05, 4.69) is 23.5 Å². The van der Waals surface area contributed by atoms with E-state index in [0.29, 0.717) is 37.5 Å². The first-order chi connectivity index (χ1) is 19.8. The Bertz CT molecular complexity index is 1410. The van der Waals surface area contributed by atoms with Gasteiger partial charge in [-0.1, -0.05) is 66.2 Å². The third-order valence-electron chi connectivity index (χ3n) is 8.10. The van der Waals surface area contributed by atoms with Crippen molar-refractivity contribution in [3.63, 3.8) is 0 Å². The molecule has 0 aliphatic carbocycles. The first-order valence-electron chi connectivity index (χ1n) is 14.1. The maximum absolute atomic E-state index is 14.1. The van der Waals surface area contributed by atoms with E-state index < -0.39 is 18.2 Å². The average molecular weight is 577 g/mol. The fourth-order valence-electron chi connectivity index (χ4n) is 6.00. The standard InChI is InChI=1S/C31H37ClN6O3/c1-21-29-37(28(39)20-35(2)38(29)31(41)34-18-22-13-15-25(32)16-14-22)27(12-5-6-17-33)30(40)36(21)19-24-10-7-9-23-8-3-4-11-26(23)24/h3-4,7-11,13-16,21,27,29H,5-6,12,17-20,33H2,1-2H3,(H,34,41)/t21-,27-,29-/m0/s1. The Balaban J connectivity index is 1.47. The molecule has 216 valence electrons. The number of halogens is 1. The second kappa shape index (κ2) is 12.5. The van der Waals surface area contributed by atoms with Crippen molar-refractivity contribution in [2.45, 2.75) is 57.5 Å². The van der Waals surface area contributed by atoms with Crippen LogP contribution in [0.25, 0.3) is 10.8 Å². The van der Waals surface area contributed by atoms with Crippen molar-refractivity contribution in [1.82, 2.24) is 25.1 Å². The van der Waals surface area contributed by atoms with Gasteiger partial charge < -0.3 is 20.9 Å². The molecule has 3 aromatic carbocycles. The van der Waals surface area contributed by atoms with E-state index in [-0.39, 0.29) is 24.4 Å². The van der Waals surface area contributed by atoms with Crippen molar-refractivity contribution in [3.8, 4) is 0 Å². The Kier molecular flexibility index (Phi) is 8.77. The fraction of sp³-hybridized carbons (Fsp3) is 0.387. The minimum atomic E-state index is -0.675. The number of hydrogen-bond donors (Lipinski definition) is 2. The topological polar surface area (TPSA) is 102 Å². The van der Waals surface area contributed by atoms with Gasteiger partial charge in [-0.15, -0.1) is 0 Å². The molecule has 0 saturated carbocycles. The molecule has 41 heavy (non-hydrogen) atoms. The molecular weight excluding hydrogens is 540 g/mol. The summed E-state index contributed by atoms with van der Waals surface area (Å²) >= 11 is 6.02. The SMILES string of the molecule is C[C@H]1[C@H]2N(C(=O)CN(C)N2C(=O)NCc2ccc(Cl)cc2)[C@@H](CCCCN)C(=O)N1Cc1cccc2ccccc12. The molecule has 9 nitrogen and oxygen atoms in total. The summed E-state index contributed by atoms with van der Waals surface area (Å²) in [7, 11) is 1.73. The van der Waals surface area contributed by atoms with Gasteiger partial charge in [0.2, 0.25) is 11.8 Å². The van der Waals surface area contributed by atoms with E-state index in [1.54, 1.807) is 34.1 Å². The summed E-state index contributed by atoms with van der Waals surface area (Å²) in [4.78, 5) is 44.8. The van der Waals surface area contributed by atoms with E-state index in [4.69, 9.17) is 17.3 Å². The molecular formula is C31H37ClN6O3. The largest absolute Gasteiger partial charge is 0.334 e. The van der Waals surface area contributed by atoms with Crippen molar-refractivity contribution in [2.24, 2.45) is 5.73 Å². The lowest BCUT2D eigenvalue weighted by Crippen LogP contribution is -2.78. The summed E-state index contributed by atoms with van der Waals surface area (Å²) in [5, 5.41) is 9.04. The van der Waals surface area contributed by atoms with Gasteiger partial charge >= 0.3 is 6.03 Å². The van der Waals surface area contributed by atoms with Gasteiger partial charge in [0.15, 0.2) is 0 Å². The number of unbranched alkanes of at least 4 members (excludes halogenated alkanes) is 1. The zero-order valence-corrected chi connectivity index (χ0v) is 24.3. The minimum absolute atomic E-state index is 0.00156. The zero-order valence-electron chi connectivity index (χ0n) is 23.5. The van der Waals surface area contributed by atoms with Crippen LogP contribution in [-0.2, 0) is 22.7 Å². The van der Waals surface area contributed by atoms with E-state index in [9.17, 15) is 14.4 Å². The number of benzene rings is 3. The van der Waals surface area contributed by atoms with Crippen LogP contribution in [0.15, 0.2) is 66.7 Å². The molecule has 0 aromatic heterocycles. The number of hydrogen-bond acceptors (Lipinski definition) is 5. The van der Waals surface area contributed by atoms with Gasteiger partial charge in [-0.05, 0) is 66.8 Å². The lowest BCUT2D eigenvalue weighted by Gasteiger charge is -2.57. The number of amides is 4. The summed E-state index contributed by atoms with van der Waals surface area (Å²) in [6, 6.07) is 20.0. The fourth-order valence-corrected chi connectivity index (χ4v) is 6.13. The highest BCUT2D eigenvalue weighted by Crippen LogP contribution is 2.34. The number of fused-ring (bicyclic) bond motifs is 2. The third-order valence-corrected chi connectivity index (χ3v) is 8.35. The summed E-state index contributed by atoms with van der Waals surface area (Å²) in [5.74, 6) is -0.264. The second-order valence-electron chi connectivity index (χ2n) is 10.8. The Hall–Kier alpha value is -3.66. The van der Waals surface area contributed by atoms with Gasteiger partial charge in [0.05, 0.1) is 12.6 Å². The molecule has 2 heterocycles. The van der Waals surface area contributed by atoms with Crippen molar-refractivity contribution < 1.29 is 14.4 Å². The second-order valence-corrected chi connectivity index (χ2v) is 11.2. The van der Waals surface area contributed by atoms with Crippen LogP contribution >= 0.6 is 11.6 Å². The molecule has 2 saturated heterocycles. The number of piperazine rings is 1. The minimum Gasteiger partial charge on any atom is -0.333 e. The summed E-state index contributed by atoms with van der Waals surface area (Å²) < 4.78 is 0. The van der Waals surface area contributed by atoms with Crippen molar-refractivity contribution in [2.75, 3.05) is 20.1 Å². The van der Waals surface area contributed by atoms with Crippen molar-refractivity contribution in [1.29, 1.82) is 0 Å². The molecule has 0 spiro atoms. The van der Waals surface area contributed by atoms with Gasteiger partial charge in [-0.2, -0.15) is 0 Å². The number of likely N-dealkylation sites (N-methyl/N-ethyl adjacent to an activating group) is 1. The lowest BCUT2D eigenvalue weighted by molar-refractivity contribution is -0.196. The molecule has 10 heteroatoms. The molecule has 3 N–H and O–H groups in total. The molecule has 4 amide bonds. The van der Waals surface area contributed by atoms with Crippen LogP contribution < -0.4 is 11.1 Å². The van der Waals surface area contributed by atoms with Crippen LogP contribution in [0.3, 0.4) is 0 Å². The molecule has 0 bridgehead atoms. The van der Waals surface area contributed by atoms with Gasteiger partial charge in [0.25, 0.3) is 0 Å². The number of nitrogens with zero attached hydrogens (tertiary/aromatic N) is 4. The highest BCUT2D eigenvalue weighted by atomic mass is 35.5. The Morgan fingerprint density at radius 3 is 2.51 bits per heavy atom. The first-order valence-corrected chi connectivity index (χ1v) is 14.5. The van der Waals surface area contributed by atoms with Crippen LogP contribution in [0.2, 0.25) is 5.02 Å². The van der Waals surface area contributed by atoms with E-state index >= 15 is 0 Å². The third kappa shape index (κ3) is 5.88. The van der Waals surface area contributed by atoms with E-state index in [1.165, 1.54) is 0 Å². The maximum atomic E-state index is 14.1. The molecule has 0 radical (unpaired) electrons. The van der Waals surface area contributed by atoms with Crippen LogP contribution in [0.4, 0.5) is 4.79 Å². The molecule has 3 atom stereocenters. The number of carbonyl (C=O) groups excluding carboxylic acids is 3. The average Bonchev–Trinajstić information content (AvgIpc) is 2.96. The molecule has 2 aliphatic rings. The highest BCUT2D eigenvalue weighted by molar-refractivity contribution is 6.30. The van der Waals surface area contributed by atoms with Gasteiger partial charge in [0.1, 0.15) is 12.2 Å². The number of nitrogens with two attached hydrogens (primary N) is 1. The Morgan fingerprint density at radius 2 is 1.76 bits per heavy atom. The van der Waals surface area contributed by atoms with Crippen LogP contribution in [0.5, 0.6) is 0 Å². The monoisotopic (exact) mass is 576 g/mol. The van der Waals surface area contributed by atoms with Crippen LogP contribution in [0.1, 0.15) is 37.3 Å². The molecule has 3 aromatic rings. The predicted molar refractivity (Wildman–Crippen MR) is 159 cm³/mol. The summed E-state index contributed by atoms with van der Waals surface area (Å²) in [6.45, 7) is 3.10. The highest BCUT2D eigenvalue weighted by Gasteiger charge is 2.53. The first kappa shape index (κ1) is 28.9. The quantitative estimate of drug-likeness (QED) is 0.395. The molecule has 0 unspecified atom stereocenters. The number of nitrogens with one attached hydrogen (secondary N) is 1. The number of carbonyl (C=O) groups is 3. The number of urea groups is 1. The van der Waals surface area contributed by atoms with Gasteiger partial charge in [-0.25, -0.2) is 14.8 Å². The van der Waals surface area contributed by atoms with Crippen molar-refractivity contribution >= 4 is 40.2 Å². The number of hydrazine groups is 1. The van der Waals surface area contributed by atoms with Gasteiger partial charge in [-0.3, -0.25) is 9.59 Å². The molecule has 2 aliphatic heterocycles. The summed E-state index contributed by atoms with van der Waals surface area (Å²) in [5.41, 5.74) is 7.68. The zero-order chi connectivity index (χ0) is 29.1. The lowest BCUT2D eigenvalue weighted by atomic mass is 9.95. The Labute approximate surface area is 245 Å². The smallest absolute Gasteiger partial charge is 0.333 e.